The van der Waals surface area contributed by atoms with Gasteiger partial charge in [0.1, 0.15) is 12.5 Å². The van der Waals surface area contributed by atoms with Crippen LogP contribution in [0.2, 0.25) is 0 Å². The first kappa shape index (κ1) is 25.3. The van der Waals surface area contributed by atoms with Crippen LogP contribution in [0.25, 0.3) is 22.0 Å². The van der Waals surface area contributed by atoms with Crippen molar-refractivity contribution in [2.75, 3.05) is 54.9 Å². The molecule has 0 bridgehead atoms. The van der Waals surface area contributed by atoms with Gasteiger partial charge in [-0.15, -0.1) is 0 Å². The van der Waals surface area contributed by atoms with Gasteiger partial charge in [-0.2, -0.15) is 0 Å². The van der Waals surface area contributed by atoms with E-state index in [4.69, 9.17) is 4.98 Å². The minimum Gasteiger partial charge on any atom is -0.369 e. The van der Waals surface area contributed by atoms with Crippen LogP contribution in [0.1, 0.15) is 0 Å². The summed E-state index contributed by atoms with van der Waals surface area (Å²) in [6.45, 7) is 6.53. The number of hydrogen-bond donors (Lipinski definition) is 2. The Balaban J connectivity index is 1.37. The van der Waals surface area contributed by atoms with Crippen molar-refractivity contribution in [2.24, 2.45) is 0 Å². The largest absolute Gasteiger partial charge is 0.369 e. The van der Waals surface area contributed by atoms with E-state index in [1.54, 1.807) is 18.3 Å². The van der Waals surface area contributed by atoms with E-state index in [0.717, 1.165) is 48.4 Å². The van der Waals surface area contributed by atoms with Crippen LogP contribution in [0.15, 0.2) is 79.5 Å². The van der Waals surface area contributed by atoms with Crippen LogP contribution >= 0.6 is 0 Å². The van der Waals surface area contributed by atoms with Crippen molar-refractivity contribution in [2.45, 2.75) is 0 Å². The van der Waals surface area contributed by atoms with E-state index in [2.05, 4.69) is 32.0 Å². The molecule has 194 valence electrons. The Hall–Kier alpha value is -4.37. The number of amides is 1. The van der Waals surface area contributed by atoms with Gasteiger partial charge in [0.05, 0.1) is 11.2 Å². The summed E-state index contributed by atoms with van der Waals surface area (Å²) < 4.78 is 27.7. The van der Waals surface area contributed by atoms with Gasteiger partial charge in [-0.25, -0.2) is 18.7 Å². The number of nitrogens with zero attached hydrogens (tertiary/aromatic N) is 4. The van der Waals surface area contributed by atoms with E-state index in [1.165, 1.54) is 12.1 Å². The molecule has 38 heavy (non-hydrogen) atoms. The number of aromatic nitrogens is 2. The molecule has 9 heteroatoms. The standard InChI is InChI=1S/C29H28F2N6O/c1-2-27(38)33-22-7-3-5-20(17-22)24-8-4-6-21-19-32-29(35-28(21)24)34-26-10-9-23(18-25(26)31)37-15-13-36(12-11-30)14-16-37/h2-10,17-19H,1,11-16H2,(H,33,38)(H,32,34,35). The molecule has 2 heterocycles. The lowest BCUT2D eigenvalue weighted by atomic mass is 10.0. The minimum absolute atomic E-state index is 0.271. The number of benzene rings is 3. The number of carbonyl (C=O) groups is 1. The third-order valence-corrected chi connectivity index (χ3v) is 6.57. The molecule has 7 nitrogen and oxygen atoms in total. The lowest BCUT2D eigenvalue weighted by Crippen LogP contribution is -2.47. The molecule has 5 rings (SSSR count). The van der Waals surface area contributed by atoms with Gasteiger partial charge in [0, 0.05) is 61.2 Å². The van der Waals surface area contributed by atoms with Crippen molar-refractivity contribution < 1.29 is 13.6 Å². The van der Waals surface area contributed by atoms with E-state index in [1.807, 2.05) is 42.5 Å². The molecule has 0 radical (unpaired) electrons. The topological polar surface area (TPSA) is 73.4 Å². The number of hydrogen-bond acceptors (Lipinski definition) is 6. The van der Waals surface area contributed by atoms with Crippen LogP contribution in [0.4, 0.5) is 31.8 Å². The van der Waals surface area contributed by atoms with Crippen molar-refractivity contribution in [1.82, 2.24) is 14.9 Å². The summed E-state index contributed by atoms with van der Waals surface area (Å²) in [6, 6.07) is 18.3. The van der Waals surface area contributed by atoms with Crippen LogP contribution in [0.3, 0.4) is 0 Å². The maximum absolute atomic E-state index is 15.1. The summed E-state index contributed by atoms with van der Waals surface area (Å²) in [5.74, 6) is -0.426. The van der Waals surface area contributed by atoms with Crippen molar-refractivity contribution in [3.05, 3.63) is 85.3 Å². The maximum atomic E-state index is 15.1. The Morgan fingerprint density at radius 2 is 1.87 bits per heavy atom. The first-order chi connectivity index (χ1) is 18.5. The normalized spacial score (nSPS) is 13.9. The van der Waals surface area contributed by atoms with Gasteiger partial charge in [0.15, 0.2) is 0 Å². The number of halogens is 2. The van der Waals surface area contributed by atoms with E-state index in [-0.39, 0.29) is 24.2 Å². The Kier molecular flexibility index (Phi) is 7.55. The van der Waals surface area contributed by atoms with Gasteiger partial charge in [0.2, 0.25) is 11.9 Å². The Morgan fingerprint density at radius 3 is 2.63 bits per heavy atom. The Bertz CT molecular complexity index is 1470. The zero-order valence-electron chi connectivity index (χ0n) is 20.8. The highest BCUT2D eigenvalue weighted by atomic mass is 19.1. The number of fused-ring (bicyclic) bond motifs is 1. The predicted molar refractivity (Wildman–Crippen MR) is 148 cm³/mol. The van der Waals surface area contributed by atoms with Gasteiger partial charge in [0.25, 0.3) is 0 Å². The maximum Gasteiger partial charge on any atom is 0.247 e. The average Bonchev–Trinajstić information content (AvgIpc) is 2.94. The molecule has 0 spiro atoms. The van der Waals surface area contributed by atoms with Crippen molar-refractivity contribution in [1.29, 1.82) is 0 Å². The van der Waals surface area contributed by atoms with Crippen LogP contribution in [0, 0.1) is 5.82 Å². The molecule has 1 aromatic heterocycles. The molecule has 1 saturated heterocycles. The molecule has 1 aliphatic heterocycles. The number of carbonyl (C=O) groups excluding carboxylic acids is 1. The third-order valence-electron chi connectivity index (χ3n) is 6.57. The minimum atomic E-state index is -0.406. The lowest BCUT2D eigenvalue weighted by Gasteiger charge is -2.35. The van der Waals surface area contributed by atoms with E-state index >= 15 is 4.39 Å². The molecular weight excluding hydrogens is 486 g/mol. The SMILES string of the molecule is C=CC(=O)Nc1cccc(-c2cccc3cnc(Nc4ccc(N5CCN(CCF)CC5)cc4F)nc23)c1. The molecule has 0 atom stereocenters. The molecule has 0 unspecified atom stereocenters. The number of rotatable bonds is 8. The van der Waals surface area contributed by atoms with Gasteiger partial charge in [-0.3, -0.25) is 9.69 Å². The van der Waals surface area contributed by atoms with Crippen LogP contribution < -0.4 is 15.5 Å². The number of para-hydroxylation sites is 1. The second-order valence-corrected chi connectivity index (χ2v) is 9.02. The second kappa shape index (κ2) is 11.4. The first-order valence-electron chi connectivity index (χ1n) is 12.4. The van der Waals surface area contributed by atoms with Crippen LogP contribution in [0.5, 0.6) is 0 Å². The smallest absolute Gasteiger partial charge is 0.247 e. The summed E-state index contributed by atoms with van der Waals surface area (Å²) >= 11 is 0. The molecule has 3 aromatic carbocycles. The fourth-order valence-corrected chi connectivity index (χ4v) is 4.58. The highest BCUT2D eigenvalue weighted by molar-refractivity contribution is 6.00. The van der Waals surface area contributed by atoms with Crippen molar-refractivity contribution >= 4 is 39.8 Å². The molecule has 0 aliphatic carbocycles. The fourth-order valence-electron chi connectivity index (χ4n) is 4.58. The molecular formula is C29H28F2N6O. The molecule has 1 aliphatic rings. The summed E-state index contributed by atoms with van der Waals surface area (Å²) in [5, 5.41) is 6.61. The Morgan fingerprint density at radius 1 is 1.05 bits per heavy atom. The zero-order chi connectivity index (χ0) is 26.5. The molecule has 0 saturated carbocycles. The summed E-state index contributed by atoms with van der Waals surface area (Å²) in [5.41, 5.74) is 4.12. The van der Waals surface area contributed by atoms with Crippen LogP contribution in [-0.4, -0.2) is 60.2 Å². The second-order valence-electron chi connectivity index (χ2n) is 9.02. The van der Waals surface area contributed by atoms with Crippen LogP contribution in [-0.2, 0) is 4.79 Å². The zero-order valence-corrected chi connectivity index (χ0v) is 20.8. The van der Waals surface area contributed by atoms with Gasteiger partial charge >= 0.3 is 0 Å². The van der Waals surface area contributed by atoms with E-state index in [0.29, 0.717) is 17.7 Å². The summed E-state index contributed by atoms with van der Waals surface area (Å²) in [4.78, 5) is 25.0. The van der Waals surface area contributed by atoms with Gasteiger partial charge in [-0.05, 0) is 42.0 Å². The fraction of sp³-hybridized carbons (Fsp3) is 0.207. The van der Waals surface area contributed by atoms with Gasteiger partial charge < -0.3 is 15.5 Å². The summed E-state index contributed by atoms with van der Waals surface area (Å²) in [6.07, 6.45) is 2.91. The molecule has 1 amide bonds. The van der Waals surface area contributed by atoms with E-state index < -0.39 is 5.82 Å². The van der Waals surface area contributed by atoms with E-state index in [9.17, 15) is 9.18 Å². The number of piperazine rings is 1. The monoisotopic (exact) mass is 514 g/mol. The number of nitrogens with one attached hydrogen (secondary N) is 2. The molecule has 2 N–H and O–H groups in total. The quantitative estimate of drug-likeness (QED) is 0.307. The highest BCUT2D eigenvalue weighted by Crippen LogP contribution is 2.30. The molecule has 4 aromatic rings. The predicted octanol–water partition coefficient (Wildman–Crippen LogP) is 5.40. The van der Waals surface area contributed by atoms with Crippen molar-refractivity contribution in [3.63, 3.8) is 0 Å². The average molecular weight is 515 g/mol. The van der Waals surface area contributed by atoms with Gasteiger partial charge in [-0.1, -0.05) is 36.9 Å². The highest BCUT2D eigenvalue weighted by Gasteiger charge is 2.18. The third kappa shape index (κ3) is 5.63. The lowest BCUT2D eigenvalue weighted by molar-refractivity contribution is -0.111. The van der Waals surface area contributed by atoms with Crippen molar-refractivity contribution in [3.8, 4) is 11.1 Å². The first-order valence-corrected chi connectivity index (χ1v) is 12.4. The summed E-state index contributed by atoms with van der Waals surface area (Å²) in [7, 11) is 0. The molecule has 1 fully saturated rings. The number of alkyl halides is 1. The number of anilines is 4. The Labute approximate surface area is 219 Å².